The molecule has 0 spiro atoms. The van der Waals surface area contributed by atoms with Gasteiger partial charge in [0.1, 0.15) is 0 Å². The fraction of sp³-hybridized carbons (Fsp3) is 0.524. The molecule has 1 fully saturated rings. The van der Waals surface area contributed by atoms with Gasteiger partial charge in [-0.15, -0.1) is 0 Å². The highest BCUT2D eigenvalue weighted by atomic mass is 32.1. The Labute approximate surface area is 159 Å². The van der Waals surface area contributed by atoms with Crippen LogP contribution in [0.2, 0.25) is 0 Å². The van der Waals surface area contributed by atoms with Crippen molar-refractivity contribution < 1.29 is 9.53 Å². The first-order valence-corrected chi connectivity index (χ1v) is 10.3. The second-order valence-corrected chi connectivity index (χ2v) is 9.03. The summed E-state index contributed by atoms with van der Waals surface area (Å²) in [5.74, 6) is 0.249. The summed E-state index contributed by atoms with van der Waals surface area (Å²) in [6.07, 6.45) is 2.50. The van der Waals surface area contributed by atoms with E-state index in [9.17, 15) is 4.79 Å². The normalized spacial score (nSPS) is 22.3. The van der Waals surface area contributed by atoms with E-state index in [1.54, 1.807) is 11.3 Å². The molecular formula is C21H26N2O2S. The van der Waals surface area contributed by atoms with Gasteiger partial charge in [0.2, 0.25) is 0 Å². The van der Waals surface area contributed by atoms with Gasteiger partial charge in [-0.3, -0.25) is 4.79 Å². The van der Waals surface area contributed by atoms with E-state index >= 15 is 0 Å². The van der Waals surface area contributed by atoms with Crippen LogP contribution in [0.5, 0.6) is 0 Å². The largest absolute Gasteiger partial charge is 0.377 e. The molecule has 5 heteroatoms. The number of nitrogens with zero attached hydrogens (tertiary/aromatic N) is 2. The summed E-state index contributed by atoms with van der Waals surface area (Å²) in [7, 11) is 0. The van der Waals surface area contributed by atoms with Crippen LogP contribution >= 0.6 is 11.3 Å². The Morgan fingerprint density at radius 2 is 2.12 bits per heavy atom. The molecular weight excluding hydrogens is 344 g/mol. The van der Waals surface area contributed by atoms with Crippen molar-refractivity contribution in [3.05, 3.63) is 46.0 Å². The number of Topliss-reactive ketones (excluding diaryl/α,β-unsaturated/α-hetero) is 1. The Balaban J connectivity index is 1.71. The molecule has 1 aliphatic carbocycles. The molecule has 0 N–H and O–H groups in total. The number of thiazole rings is 1. The molecule has 0 radical (unpaired) electrons. The van der Waals surface area contributed by atoms with Gasteiger partial charge in [-0.05, 0) is 29.4 Å². The second kappa shape index (κ2) is 6.78. The Morgan fingerprint density at radius 3 is 2.92 bits per heavy atom. The Morgan fingerprint density at radius 1 is 1.31 bits per heavy atom. The molecule has 1 unspecified atom stereocenters. The van der Waals surface area contributed by atoms with Crippen molar-refractivity contribution in [2.45, 2.75) is 46.1 Å². The molecule has 26 heavy (non-hydrogen) atoms. The van der Waals surface area contributed by atoms with Gasteiger partial charge in [0, 0.05) is 13.0 Å². The van der Waals surface area contributed by atoms with Gasteiger partial charge in [-0.25, -0.2) is 4.98 Å². The first-order valence-electron chi connectivity index (χ1n) is 9.43. The van der Waals surface area contributed by atoms with Crippen molar-refractivity contribution in [2.75, 3.05) is 24.7 Å². The average molecular weight is 371 g/mol. The molecule has 1 aliphatic heterocycles. The summed E-state index contributed by atoms with van der Waals surface area (Å²) in [6.45, 7) is 8.68. The fourth-order valence-electron chi connectivity index (χ4n) is 4.10. The van der Waals surface area contributed by atoms with E-state index in [1.807, 2.05) is 0 Å². The monoisotopic (exact) mass is 370 g/mol. The van der Waals surface area contributed by atoms with Gasteiger partial charge in [0.05, 0.1) is 29.8 Å². The van der Waals surface area contributed by atoms with Crippen LogP contribution in [0.3, 0.4) is 0 Å². The van der Waals surface area contributed by atoms with Crippen LogP contribution in [0.4, 0.5) is 5.13 Å². The van der Waals surface area contributed by atoms with Crippen molar-refractivity contribution in [1.82, 2.24) is 4.98 Å². The fourth-order valence-corrected chi connectivity index (χ4v) is 5.20. The van der Waals surface area contributed by atoms with E-state index in [4.69, 9.17) is 9.72 Å². The predicted octanol–water partition coefficient (Wildman–Crippen LogP) is 4.44. The van der Waals surface area contributed by atoms with Gasteiger partial charge in [-0.1, -0.05) is 56.4 Å². The van der Waals surface area contributed by atoms with Crippen LogP contribution in [0.1, 0.15) is 59.7 Å². The highest BCUT2D eigenvalue weighted by Crippen LogP contribution is 2.41. The van der Waals surface area contributed by atoms with Crippen molar-refractivity contribution in [3.63, 3.8) is 0 Å². The average Bonchev–Trinajstić information content (AvgIpc) is 3.04. The van der Waals surface area contributed by atoms with E-state index in [2.05, 4.69) is 49.9 Å². The molecule has 0 saturated carbocycles. The zero-order chi connectivity index (χ0) is 18.3. The number of carbonyl (C=O) groups excluding carboxylic acids is 1. The topological polar surface area (TPSA) is 42.4 Å². The maximum atomic E-state index is 12.6. The molecule has 2 aliphatic rings. The van der Waals surface area contributed by atoms with Crippen LogP contribution in [-0.4, -0.2) is 30.5 Å². The van der Waals surface area contributed by atoms with E-state index in [0.29, 0.717) is 19.6 Å². The molecule has 138 valence electrons. The smallest absolute Gasteiger partial charge is 0.186 e. The molecule has 4 rings (SSSR count). The number of ketones is 1. The van der Waals surface area contributed by atoms with Crippen LogP contribution in [0, 0.1) is 5.41 Å². The van der Waals surface area contributed by atoms with Crippen LogP contribution in [0.25, 0.3) is 0 Å². The first-order chi connectivity index (χ1) is 12.5. The lowest BCUT2D eigenvalue weighted by Crippen LogP contribution is -2.40. The number of aromatic nitrogens is 1. The van der Waals surface area contributed by atoms with E-state index < -0.39 is 0 Å². The number of anilines is 1. The summed E-state index contributed by atoms with van der Waals surface area (Å²) < 4.78 is 5.81. The number of hydrogen-bond donors (Lipinski definition) is 0. The zero-order valence-electron chi connectivity index (χ0n) is 15.7. The third-order valence-corrected chi connectivity index (χ3v) is 6.57. The Hall–Kier alpha value is -1.72. The lowest BCUT2D eigenvalue weighted by molar-refractivity contribution is 0.0914. The van der Waals surface area contributed by atoms with Gasteiger partial charge >= 0.3 is 0 Å². The van der Waals surface area contributed by atoms with E-state index in [1.165, 1.54) is 11.1 Å². The summed E-state index contributed by atoms with van der Waals surface area (Å²) in [4.78, 5) is 20.7. The third-order valence-electron chi connectivity index (χ3n) is 5.39. The van der Waals surface area contributed by atoms with Crippen LogP contribution < -0.4 is 4.90 Å². The minimum Gasteiger partial charge on any atom is -0.377 e. The standard InChI is InChI=1S/C21H26N2O2S/c1-4-14-7-5-6-8-15(14)17-13-25-10-9-23(17)20-22-16-11-21(2,3)12-18(24)19(16)26-20/h5-8,17H,4,9-13H2,1-3H3. The Kier molecular flexibility index (Phi) is 4.61. The van der Waals surface area contributed by atoms with Crippen molar-refractivity contribution in [2.24, 2.45) is 5.41 Å². The van der Waals surface area contributed by atoms with Gasteiger partial charge in [0.15, 0.2) is 10.9 Å². The minimum atomic E-state index is 0.00858. The molecule has 4 nitrogen and oxygen atoms in total. The molecule has 2 heterocycles. The quantitative estimate of drug-likeness (QED) is 0.801. The Bertz CT molecular complexity index is 827. The summed E-state index contributed by atoms with van der Waals surface area (Å²) in [5, 5.41) is 0.972. The van der Waals surface area contributed by atoms with E-state index in [0.717, 1.165) is 35.1 Å². The lowest BCUT2D eigenvalue weighted by atomic mass is 9.78. The zero-order valence-corrected chi connectivity index (χ0v) is 16.6. The number of fused-ring (bicyclic) bond motifs is 1. The van der Waals surface area contributed by atoms with Gasteiger partial charge in [-0.2, -0.15) is 0 Å². The second-order valence-electron chi connectivity index (χ2n) is 8.05. The van der Waals surface area contributed by atoms with Gasteiger partial charge in [0.25, 0.3) is 0 Å². The number of hydrogen-bond acceptors (Lipinski definition) is 5. The molecule has 2 aromatic rings. The molecule has 1 aromatic carbocycles. The molecule has 1 saturated heterocycles. The first kappa shape index (κ1) is 17.7. The highest BCUT2D eigenvalue weighted by Gasteiger charge is 2.36. The third kappa shape index (κ3) is 3.19. The van der Waals surface area contributed by atoms with Gasteiger partial charge < -0.3 is 9.64 Å². The SMILES string of the molecule is CCc1ccccc1C1COCCN1c1nc2c(s1)C(=O)CC(C)(C)C2. The summed E-state index contributed by atoms with van der Waals surface area (Å²) in [5.41, 5.74) is 3.66. The van der Waals surface area contributed by atoms with Crippen LogP contribution in [0.15, 0.2) is 24.3 Å². The predicted molar refractivity (Wildman–Crippen MR) is 105 cm³/mol. The molecule has 0 bridgehead atoms. The number of aryl methyl sites for hydroxylation is 1. The molecule has 1 atom stereocenters. The van der Waals surface area contributed by atoms with Crippen LogP contribution in [-0.2, 0) is 17.6 Å². The molecule has 0 amide bonds. The van der Waals surface area contributed by atoms with Crippen molar-refractivity contribution in [3.8, 4) is 0 Å². The highest BCUT2D eigenvalue weighted by molar-refractivity contribution is 7.17. The number of rotatable bonds is 3. The number of ether oxygens (including phenoxy) is 1. The maximum Gasteiger partial charge on any atom is 0.186 e. The van der Waals surface area contributed by atoms with E-state index in [-0.39, 0.29) is 17.2 Å². The minimum absolute atomic E-state index is 0.00858. The maximum absolute atomic E-state index is 12.6. The number of carbonyl (C=O) groups is 1. The lowest BCUT2D eigenvalue weighted by Gasteiger charge is -2.36. The summed E-state index contributed by atoms with van der Waals surface area (Å²) >= 11 is 1.57. The number of benzene rings is 1. The summed E-state index contributed by atoms with van der Waals surface area (Å²) in [6, 6.07) is 8.75. The number of morpholine rings is 1. The van der Waals surface area contributed by atoms with Crippen molar-refractivity contribution in [1.29, 1.82) is 0 Å². The van der Waals surface area contributed by atoms with Crippen molar-refractivity contribution >= 4 is 22.3 Å². The molecule has 1 aromatic heterocycles.